The van der Waals surface area contributed by atoms with Crippen LogP contribution in [-0.4, -0.2) is 16.7 Å². The van der Waals surface area contributed by atoms with Crippen LogP contribution in [-0.2, 0) is 4.79 Å². The summed E-state index contributed by atoms with van der Waals surface area (Å²) in [5, 5.41) is 16.1. The number of nitrogens with zero attached hydrogens (tertiary/aromatic N) is 1. The summed E-state index contributed by atoms with van der Waals surface area (Å²) in [5.41, 5.74) is 1.29. The molecule has 7 nitrogen and oxygen atoms in total. The third kappa shape index (κ3) is 6.24. The van der Waals surface area contributed by atoms with Crippen molar-refractivity contribution in [1.82, 2.24) is 5.32 Å². The molecule has 2 amide bonds. The molecule has 0 saturated carbocycles. The second-order valence-electron chi connectivity index (χ2n) is 6.93. The Morgan fingerprint density at radius 3 is 2.55 bits per heavy atom. The highest BCUT2D eigenvalue weighted by molar-refractivity contribution is 9.10. The molecule has 0 aliphatic rings. The number of rotatable bonds is 6. The Hall–Kier alpha value is -3.56. The first-order valence-corrected chi connectivity index (χ1v) is 10.6. The standard InChI is InChI=1S/C23H16BrClFN3O4/c1-13-5-8-20(18(24)9-13)27-23(31)21(11-14-3-2-4-16(10-14)29(32)33)28-22(30)17-7-6-15(26)12-19(17)25/h2-12H,1H3,(H,27,31)(H,28,30). The first-order valence-electron chi connectivity index (χ1n) is 9.44. The summed E-state index contributed by atoms with van der Waals surface area (Å²) in [5.74, 6) is -2.06. The zero-order valence-corrected chi connectivity index (χ0v) is 19.4. The van der Waals surface area contributed by atoms with Gasteiger partial charge in [0.1, 0.15) is 11.5 Å². The molecular formula is C23H16BrClFN3O4. The number of non-ortho nitro benzene ring substituents is 1. The van der Waals surface area contributed by atoms with Crippen molar-refractivity contribution in [2.75, 3.05) is 5.32 Å². The Kier molecular flexibility index (Phi) is 7.57. The lowest BCUT2D eigenvalue weighted by molar-refractivity contribution is -0.384. The third-order valence-corrected chi connectivity index (χ3v) is 5.40. The second-order valence-corrected chi connectivity index (χ2v) is 8.19. The Morgan fingerprint density at radius 2 is 1.88 bits per heavy atom. The summed E-state index contributed by atoms with van der Waals surface area (Å²) in [6.07, 6.45) is 1.29. The Bertz CT molecular complexity index is 1300. The smallest absolute Gasteiger partial charge is 0.272 e. The number of nitro groups is 1. The Labute approximate surface area is 201 Å². The molecule has 0 bridgehead atoms. The summed E-state index contributed by atoms with van der Waals surface area (Å²) < 4.78 is 14.0. The molecule has 2 N–H and O–H groups in total. The van der Waals surface area contributed by atoms with E-state index in [0.29, 0.717) is 15.7 Å². The minimum absolute atomic E-state index is 0.0488. The van der Waals surface area contributed by atoms with Gasteiger partial charge in [-0.25, -0.2) is 4.39 Å². The quantitative estimate of drug-likeness (QED) is 0.236. The highest BCUT2D eigenvalue weighted by Crippen LogP contribution is 2.24. The summed E-state index contributed by atoms with van der Waals surface area (Å²) >= 11 is 9.34. The van der Waals surface area contributed by atoms with Gasteiger partial charge in [-0.1, -0.05) is 29.8 Å². The van der Waals surface area contributed by atoms with E-state index >= 15 is 0 Å². The molecule has 33 heavy (non-hydrogen) atoms. The number of carbonyl (C=O) groups is 2. The second kappa shape index (κ2) is 10.4. The normalized spacial score (nSPS) is 11.1. The summed E-state index contributed by atoms with van der Waals surface area (Å²) in [6, 6.07) is 14.1. The number of hydrogen-bond donors (Lipinski definition) is 2. The predicted octanol–water partition coefficient (Wildman–Crippen LogP) is 5.87. The molecule has 0 aliphatic heterocycles. The fourth-order valence-corrected chi connectivity index (χ4v) is 3.67. The minimum atomic E-state index is -0.755. The van der Waals surface area contributed by atoms with Gasteiger partial charge in [-0.2, -0.15) is 0 Å². The van der Waals surface area contributed by atoms with Gasteiger partial charge in [0.25, 0.3) is 17.5 Å². The van der Waals surface area contributed by atoms with Crippen molar-refractivity contribution in [3.63, 3.8) is 0 Å². The number of amides is 2. The van der Waals surface area contributed by atoms with Gasteiger partial charge < -0.3 is 10.6 Å². The van der Waals surface area contributed by atoms with Crippen molar-refractivity contribution in [3.05, 3.63) is 108 Å². The molecule has 0 fully saturated rings. The van der Waals surface area contributed by atoms with Crippen molar-refractivity contribution in [3.8, 4) is 0 Å². The predicted molar refractivity (Wildman–Crippen MR) is 127 cm³/mol. The molecule has 0 unspecified atom stereocenters. The van der Waals surface area contributed by atoms with E-state index in [2.05, 4.69) is 26.6 Å². The van der Waals surface area contributed by atoms with Crippen LogP contribution in [0.15, 0.2) is 70.8 Å². The van der Waals surface area contributed by atoms with E-state index in [4.69, 9.17) is 11.6 Å². The molecule has 3 rings (SSSR count). The van der Waals surface area contributed by atoms with Crippen LogP contribution in [0.3, 0.4) is 0 Å². The maximum absolute atomic E-state index is 13.3. The number of carbonyl (C=O) groups excluding carboxylic acids is 2. The number of benzene rings is 3. The zero-order chi connectivity index (χ0) is 24.1. The number of aryl methyl sites for hydroxylation is 1. The topological polar surface area (TPSA) is 101 Å². The number of anilines is 1. The van der Waals surface area contributed by atoms with Crippen LogP contribution in [0.5, 0.6) is 0 Å². The molecule has 0 aliphatic carbocycles. The van der Waals surface area contributed by atoms with Gasteiger partial charge in [0, 0.05) is 16.6 Å². The third-order valence-electron chi connectivity index (χ3n) is 4.43. The van der Waals surface area contributed by atoms with Crippen molar-refractivity contribution in [2.45, 2.75) is 6.92 Å². The van der Waals surface area contributed by atoms with Gasteiger partial charge in [0.05, 0.1) is 21.2 Å². The van der Waals surface area contributed by atoms with Crippen molar-refractivity contribution >= 4 is 56.8 Å². The van der Waals surface area contributed by atoms with Gasteiger partial charge >= 0.3 is 0 Å². The van der Waals surface area contributed by atoms with Gasteiger partial charge in [0.15, 0.2) is 0 Å². The summed E-state index contributed by atoms with van der Waals surface area (Å²) in [4.78, 5) is 36.3. The van der Waals surface area contributed by atoms with Crippen LogP contribution >= 0.6 is 27.5 Å². The van der Waals surface area contributed by atoms with E-state index in [1.54, 1.807) is 24.3 Å². The Morgan fingerprint density at radius 1 is 1.12 bits per heavy atom. The van der Waals surface area contributed by atoms with Crippen molar-refractivity contribution in [1.29, 1.82) is 0 Å². The van der Waals surface area contributed by atoms with Crippen LogP contribution in [0, 0.1) is 22.9 Å². The minimum Gasteiger partial charge on any atom is -0.320 e. The lowest BCUT2D eigenvalue weighted by atomic mass is 10.1. The van der Waals surface area contributed by atoms with Crippen LogP contribution in [0.4, 0.5) is 15.8 Å². The fourth-order valence-electron chi connectivity index (χ4n) is 2.83. The Balaban J connectivity index is 1.98. The number of halogens is 3. The molecule has 0 spiro atoms. The molecule has 0 saturated heterocycles. The van der Waals surface area contributed by atoms with E-state index < -0.39 is 22.6 Å². The molecule has 10 heteroatoms. The van der Waals surface area contributed by atoms with E-state index in [0.717, 1.165) is 17.7 Å². The SMILES string of the molecule is Cc1ccc(NC(=O)C(=Cc2cccc([N+](=O)[O-])c2)NC(=O)c2ccc(F)cc2Cl)c(Br)c1. The van der Waals surface area contributed by atoms with E-state index in [1.165, 1.54) is 30.3 Å². The van der Waals surface area contributed by atoms with Crippen molar-refractivity contribution < 1.29 is 18.9 Å². The maximum Gasteiger partial charge on any atom is 0.272 e. The number of hydrogen-bond acceptors (Lipinski definition) is 4. The van der Waals surface area contributed by atoms with Crippen molar-refractivity contribution in [2.24, 2.45) is 0 Å². The molecule has 3 aromatic carbocycles. The fraction of sp³-hybridized carbons (Fsp3) is 0.0435. The number of nitrogens with one attached hydrogen (secondary N) is 2. The largest absolute Gasteiger partial charge is 0.320 e. The molecule has 168 valence electrons. The molecule has 0 heterocycles. The average Bonchev–Trinajstić information content (AvgIpc) is 2.75. The summed E-state index contributed by atoms with van der Waals surface area (Å²) in [6.45, 7) is 1.89. The lowest BCUT2D eigenvalue weighted by Gasteiger charge is -2.13. The van der Waals surface area contributed by atoms with Gasteiger partial charge in [0.2, 0.25) is 0 Å². The van der Waals surface area contributed by atoms with E-state index in [-0.39, 0.29) is 22.0 Å². The first kappa shape index (κ1) is 24.1. The maximum atomic E-state index is 13.3. The zero-order valence-electron chi connectivity index (χ0n) is 17.1. The highest BCUT2D eigenvalue weighted by atomic mass is 79.9. The molecular weight excluding hydrogens is 517 g/mol. The molecule has 0 radical (unpaired) electrons. The van der Waals surface area contributed by atoms with Crippen LogP contribution in [0.25, 0.3) is 6.08 Å². The van der Waals surface area contributed by atoms with E-state index in [9.17, 15) is 24.1 Å². The lowest BCUT2D eigenvalue weighted by Crippen LogP contribution is -2.31. The first-order chi connectivity index (χ1) is 15.6. The van der Waals surface area contributed by atoms with Gasteiger partial charge in [-0.05, 0) is 70.4 Å². The molecule has 3 aromatic rings. The highest BCUT2D eigenvalue weighted by Gasteiger charge is 2.18. The molecule has 0 atom stereocenters. The molecule has 0 aromatic heterocycles. The monoisotopic (exact) mass is 531 g/mol. The van der Waals surface area contributed by atoms with Gasteiger partial charge in [-0.15, -0.1) is 0 Å². The average molecular weight is 533 g/mol. The number of nitro benzene ring substituents is 1. The van der Waals surface area contributed by atoms with Crippen LogP contribution < -0.4 is 10.6 Å². The van der Waals surface area contributed by atoms with Crippen LogP contribution in [0.2, 0.25) is 5.02 Å². The van der Waals surface area contributed by atoms with Gasteiger partial charge in [-0.3, -0.25) is 19.7 Å². The van der Waals surface area contributed by atoms with Crippen LogP contribution in [0.1, 0.15) is 21.5 Å². The summed E-state index contributed by atoms with van der Waals surface area (Å²) in [7, 11) is 0. The van der Waals surface area contributed by atoms with E-state index in [1.807, 2.05) is 6.92 Å².